The molecule has 0 aromatic heterocycles. The molecule has 0 saturated carbocycles. The third-order valence-electron chi connectivity index (χ3n) is 8.39. The SMILES string of the molecule is O=C(O)[C@H]1CCCN(c2cc(C(F)(F)F)ccc2CN2CCCC23CCN(C(=O)OC(C(F)(F)F)C(F)(F)F)CC3)C1. The van der Waals surface area contributed by atoms with Crippen LogP contribution in [-0.2, 0) is 22.3 Å². The summed E-state index contributed by atoms with van der Waals surface area (Å²) in [7, 11) is 0. The Morgan fingerprint density at radius 3 is 2.14 bits per heavy atom. The van der Waals surface area contributed by atoms with E-state index in [9.17, 15) is 54.2 Å². The van der Waals surface area contributed by atoms with Crippen LogP contribution in [0.4, 0.5) is 50.0 Å². The minimum absolute atomic E-state index is 0.0443. The lowest BCUT2D eigenvalue weighted by Crippen LogP contribution is -2.54. The average Bonchev–Trinajstić information content (AvgIpc) is 3.26. The number of nitrogens with zero attached hydrogens (tertiary/aromatic N) is 3. The first-order chi connectivity index (χ1) is 19.4. The Morgan fingerprint density at radius 2 is 1.57 bits per heavy atom. The monoisotopic (exact) mass is 619 g/mol. The highest BCUT2D eigenvalue weighted by Crippen LogP contribution is 2.42. The second-order valence-corrected chi connectivity index (χ2v) is 11.0. The average molecular weight is 620 g/mol. The van der Waals surface area contributed by atoms with Gasteiger partial charge in [0.15, 0.2) is 0 Å². The molecule has 1 N–H and O–H groups in total. The second-order valence-electron chi connectivity index (χ2n) is 11.0. The second kappa shape index (κ2) is 11.6. The van der Waals surface area contributed by atoms with E-state index in [4.69, 9.17) is 0 Å². The summed E-state index contributed by atoms with van der Waals surface area (Å²) in [6.45, 7) is 0.817. The summed E-state index contributed by atoms with van der Waals surface area (Å²) in [4.78, 5) is 28.3. The lowest BCUT2D eigenvalue weighted by atomic mass is 9.84. The molecule has 7 nitrogen and oxygen atoms in total. The number of ether oxygens (including phenoxy) is 1. The van der Waals surface area contributed by atoms with Crippen LogP contribution in [0.2, 0.25) is 0 Å². The van der Waals surface area contributed by atoms with E-state index in [0.29, 0.717) is 44.3 Å². The summed E-state index contributed by atoms with van der Waals surface area (Å²) in [6.07, 6.45) is -19.6. The fourth-order valence-corrected chi connectivity index (χ4v) is 6.18. The Kier molecular flexibility index (Phi) is 8.87. The predicted molar refractivity (Wildman–Crippen MR) is 130 cm³/mol. The van der Waals surface area contributed by atoms with Crippen molar-refractivity contribution in [3.63, 3.8) is 0 Å². The molecule has 16 heteroatoms. The van der Waals surface area contributed by atoms with Gasteiger partial charge in [-0.25, -0.2) is 4.79 Å². The number of aliphatic carboxylic acids is 1. The molecule has 3 heterocycles. The molecule has 0 aliphatic carbocycles. The molecule has 236 valence electrons. The van der Waals surface area contributed by atoms with E-state index in [1.54, 1.807) is 4.90 Å². The topological polar surface area (TPSA) is 73.3 Å². The van der Waals surface area contributed by atoms with Crippen LogP contribution >= 0.6 is 0 Å². The quantitative estimate of drug-likeness (QED) is 0.404. The number of hydrogen-bond acceptors (Lipinski definition) is 5. The van der Waals surface area contributed by atoms with E-state index in [2.05, 4.69) is 4.74 Å². The summed E-state index contributed by atoms with van der Waals surface area (Å²) in [5.74, 6) is -1.77. The largest absolute Gasteiger partial charge is 0.481 e. The molecule has 1 spiro atoms. The first-order valence-corrected chi connectivity index (χ1v) is 13.4. The number of anilines is 1. The van der Waals surface area contributed by atoms with Crippen LogP contribution in [0.25, 0.3) is 0 Å². The number of rotatable bonds is 5. The summed E-state index contributed by atoms with van der Waals surface area (Å²) in [5, 5.41) is 9.48. The van der Waals surface area contributed by atoms with Gasteiger partial charge in [0.05, 0.1) is 11.5 Å². The van der Waals surface area contributed by atoms with Gasteiger partial charge in [-0.2, -0.15) is 39.5 Å². The summed E-state index contributed by atoms with van der Waals surface area (Å²) in [5.41, 5.74) is -0.646. The number of alkyl halides is 9. The molecular formula is C26H30F9N3O4. The van der Waals surface area contributed by atoms with Gasteiger partial charge >= 0.3 is 30.6 Å². The number of benzene rings is 1. The Labute approximate surface area is 235 Å². The Balaban J connectivity index is 1.50. The lowest BCUT2D eigenvalue weighted by molar-refractivity contribution is -0.308. The van der Waals surface area contributed by atoms with Crippen LogP contribution < -0.4 is 4.90 Å². The van der Waals surface area contributed by atoms with E-state index in [-0.39, 0.29) is 44.7 Å². The minimum atomic E-state index is -5.83. The standard InChI is InChI=1S/C26H30F9N3O4/c27-24(28,29)18-5-4-16(19(13-18)37-9-1-3-17(14-37)20(39)40)15-38-10-2-6-23(38)7-11-36(12-8-23)22(41)42-21(25(30,31)32)26(33,34)35/h4-5,13,17,21H,1-3,6-12,14-15H2,(H,39,40)/t17-/m0/s1. The molecule has 0 unspecified atom stereocenters. The maximum absolute atomic E-state index is 13.6. The van der Waals surface area contributed by atoms with Gasteiger partial charge in [0, 0.05) is 44.0 Å². The number of halogens is 9. The molecule has 0 radical (unpaired) electrons. The fraction of sp³-hybridized carbons (Fsp3) is 0.692. The summed E-state index contributed by atoms with van der Waals surface area (Å²) in [6, 6.07) is 3.32. The summed E-state index contributed by atoms with van der Waals surface area (Å²) < 4.78 is 122. The zero-order chi connectivity index (χ0) is 31.1. The smallest absolute Gasteiger partial charge is 0.434 e. The van der Waals surface area contributed by atoms with Gasteiger partial charge in [0.25, 0.3) is 6.10 Å². The van der Waals surface area contributed by atoms with Gasteiger partial charge in [0.2, 0.25) is 0 Å². The zero-order valence-corrected chi connectivity index (χ0v) is 22.3. The minimum Gasteiger partial charge on any atom is -0.481 e. The van der Waals surface area contributed by atoms with Gasteiger partial charge < -0.3 is 19.6 Å². The van der Waals surface area contributed by atoms with Crippen molar-refractivity contribution < 1.29 is 58.9 Å². The molecule has 4 rings (SSSR count). The zero-order valence-electron chi connectivity index (χ0n) is 22.3. The normalized spacial score (nSPS) is 22.2. The molecule has 3 saturated heterocycles. The van der Waals surface area contributed by atoms with E-state index in [1.165, 1.54) is 6.07 Å². The highest BCUT2D eigenvalue weighted by Gasteiger charge is 2.60. The Hall–Kier alpha value is -2.91. The molecule has 0 bridgehead atoms. The van der Waals surface area contributed by atoms with Crippen LogP contribution in [-0.4, -0.2) is 83.7 Å². The molecule has 3 aliphatic rings. The number of carboxylic acids is 1. The third kappa shape index (κ3) is 7.00. The van der Waals surface area contributed by atoms with Crippen molar-refractivity contribution in [3.05, 3.63) is 29.3 Å². The number of carbonyl (C=O) groups excluding carboxylic acids is 1. The summed E-state index contributed by atoms with van der Waals surface area (Å²) >= 11 is 0. The van der Waals surface area contributed by atoms with Crippen molar-refractivity contribution in [1.29, 1.82) is 0 Å². The molecule has 3 aliphatic heterocycles. The highest BCUT2D eigenvalue weighted by molar-refractivity contribution is 5.72. The Morgan fingerprint density at radius 1 is 0.929 bits per heavy atom. The van der Waals surface area contributed by atoms with Crippen molar-refractivity contribution in [2.24, 2.45) is 5.92 Å². The number of hydrogen-bond donors (Lipinski definition) is 1. The van der Waals surface area contributed by atoms with E-state index < -0.39 is 53.7 Å². The van der Waals surface area contributed by atoms with E-state index >= 15 is 0 Å². The number of likely N-dealkylation sites (tertiary alicyclic amines) is 2. The third-order valence-corrected chi connectivity index (χ3v) is 8.39. The number of piperidine rings is 2. The Bertz CT molecular complexity index is 1130. The van der Waals surface area contributed by atoms with Gasteiger partial charge in [0.1, 0.15) is 0 Å². The molecule has 1 amide bonds. The molecule has 42 heavy (non-hydrogen) atoms. The van der Waals surface area contributed by atoms with Crippen molar-refractivity contribution in [2.75, 3.05) is 37.6 Å². The van der Waals surface area contributed by atoms with Gasteiger partial charge in [-0.15, -0.1) is 0 Å². The van der Waals surface area contributed by atoms with Gasteiger partial charge in [-0.3, -0.25) is 9.69 Å². The van der Waals surface area contributed by atoms with Crippen molar-refractivity contribution in [3.8, 4) is 0 Å². The lowest BCUT2D eigenvalue weighted by Gasteiger charge is -2.45. The van der Waals surface area contributed by atoms with Crippen LogP contribution in [0, 0.1) is 5.92 Å². The molecule has 1 aromatic rings. The van der Waals surface area contributed by atoms with Crippen LogP contribution in [0.5, 0.6) is 0 Å². The molecule has 3 fully saturated rings. The van der Waals surface area contributed by atoms with Crippen LogP contribution in [0.1, 0.15) is 49.7 Å². The van der Waals surface area contributed by atoms with Crippen molar-refractivity contribution >= 4 is 17.7 Å². The maximum Gasteiger partial charge on any atom is 0.434 e. The van der Waals surface area contributed by atoms with Gasteiger partial charge in [-0.1, -0.05) is 6.07 Å². The van der Waals surface area contributed by atoms with Crippen molar-refractivity contribution in [1.82, 2.24) is 9.80 Å². The molecular weight excluding hydrogens is 589 g/mol. The number of carbonyl (C=O) groups is 2. The molecule has 1 aromatic carbocycles. The highest BCUT2D eigenvalue weighted by atomic mass is 19.4. The predicted octanol–water partition coefficient (Wildman–Crippen LogP) is 6.07. The van der Waals surface area contributed by atoms with Crippen molar-refractivity contribution in [2.45, 2.75) is 75.2 Å². The number of carboxylic acid groups (broad SMARTS) is 1. The van der Waals surface area contributed by atoms with E-state index in [1.807, 2.05) is 4.90 Å². The first-order valence-electron chi connectivity index (χ1n) is 13.4. The van der Waals surface area contributed by atoms with Gasteiger partial charge in [-0.05, 0) is 62.8 Å². The number of amides is 1. The van der Waals surface area contributed by atoms with E-state index in [0.717, 1.165) is 17.0 Å². The maximum atomic E-state index is 13.6. The fourth-order valence-electron chi connectivity index (χ4n) is 6.18. The first kappa shape index (κ1) is 32.0. The molecule has 1 atom stereocenters. The van der Waals surface area contributed by atoms with Crippen LogP contribution in [0.3, 0.4) is 0 Å². The van der Waals surface area contributed by atoms with Crippen LogP contribution in [0.15, 0.2) is 18.2 Å².